The van der Waals surface area contributed by atoms with Crippen molar-refractivity contribution in [1.82, 2.24) is 10.6 Å². The molecule has 2 atom stereocenters. The Balaban J connectivity index is 0.00000243. The van der Waals surface area contributed by atoms with Gasteiger partial charge in [0.2, 0.25) is 0 Å². The van der Waals surface area contributed by atoms with Crippen molar-refractivity contribution in [2.75, 3.05) is 14.2 Å². The van der Waals surface area contributed by atoms with Crippen molar-refractivity contribution in [3.63, 3.8) is 0 Å². The number of nitrogens with one attached hydrogen (secondary N) is 2. The number of rotatable bonds is 5. The Labute approximate surface area is 169 Å². The Kier molecular flexibility index (Phi) is 7.19. The lowest BCUT2D eigenvalue weighted by atomic mass is 10.1. The average Bonchev–Trinajstić information content (AvgIpc) is 3.37. The standard InChI is InChI=1S/C19H21F2N3O.HI/c1-22-19(23-11-12-6-8-13(25-2)9-7-12)24-17-10-14(17)18-15(20)4-3-5-16(18)21;/h3-9,14,17H,10-11H2,1-2H3,(H2,22,23,24);1H. The molecule has 2 N–H and O–H groups in total. The van der Waals surface area contributed by atoms with Crippen molar-refractivity contribution in [3.8, 4) is 5.75 Å². The Hall–Kier alpha value is -1.90. The molecule has 0 radical (unpaired) electrons. The minimum atomic E-state index is -0.490. The second-order valence-electron chi connectivity index (χ2n) is 6.00. The molecule has 1 aliphatic rings. The molecule has 0 bridgehead atoms. The summed E-state index contributed by atoms with van der Waals surface area (Å²) in [6.45, 7) is 0.592. The van der Waals surface area contributed by atoms with Gasteiger partial charge in [0.25, 0.3) is 0 Å². The molecule has 2 aromatic rings. The van der Waals surface area contributed by atoms with E-state index in [-0.39, 0.29) is 41.5 Å². The van der Waals surface area contributed by atoms with Gasteiger partial charge in [-0.15, -0.1) is 24.0 Å². The molecule has 1 aliphatic carbocycles. The van der Waals surface area contributed by atoms with Crippen LogP contribution in [-0.4, -0.2) is 26.2 Å². The summed E-state index contributed by atoms with van der Waals surface area (Å²) in [4.78, 5) is 4.17. The number of guanidine groups is 1. The van der Waals surface area contributed by atoms with Crippen LogP contribution in [0.5, 0.6) is 5.75 Å². The minimum Gasteiger partial charge on any atom is -0.497 e. The van der Waals surface area contributed by atoms with Crippen LogP contribution in [0.4, 0.5) is 8.78 Å². The summed E-state index contributed by atoms with van der Waals surface area (Å²) in [5.41, 5.74) is 1.24. The Morgan fingerprint density at radius 2 is 1.81 bits per heavy atom. The summed E-state index contributed by atoms with van der Waals surface area (Å²) < 4.78 is 32.8. The van der Waals surface area contributed by atoms with E-state index in [1.54, 1.807) is 14.2 Å². The van der Waals surface area contributed by atoms with Crippen molar-refractivity contribution in [1.29, 1.82) is 0 Å². The van der Waals surface area contributed by atoms with Crippen LogP contribution in [0, 0.1) is 11.6 Å². The molecule has 0 heterocycles. The van der Waals surface area contributed by atoms with Crippen LogP contribution in [-0.2, 0) is 6.54 Å². The highest BCUT2D eigenvalue weighted by molar-refractivity contribution is 14.0. The Morgan fingerprint density at radius 3 is 2.38 bits per heavy atom. The number of benzene rings is 2. The molecule has 1 saturated carbocycles. The first-order chi connectivity index (χ1) is 12.1. The lowest BCUT2D eigenvalue weighted by Gasteiger charge is -2.12. The van der Waals surface area contributed by atoms with Gasteiger partial charge in [0.15, 0.2) is 5.96 Å². The molecule has 1 fully saturated rings. The summed E-state index contributed by atoms with van der Waals surface area (Å²) in [6, 6.07) is 11.7. The van der Waals surface area contributed by atoms with Gasteiger partial charge in [-0.25, -0.2) is 8.78 Å². The Morgan fingerprint density at radius 1 is 1.15 bits per heavy atom. The van der Waals surface area contributed by atoms with E-state index in [0.717, 1.165) is 11.3 Å². The number of aliphatic imine (C=N–C) groups is 1. The van der Waals surface area contributed by atoms with E-state index < -0.39 is 11.6 Å². The molecule has 0 aliphatic heterocycles. The molecule has 7 heteroatoms. The van der Waals surface area contributed by atoms with E-state index in [4.69, 9.17) is 4.74 Å². The molecule has 2 unspecified atom stereocenters. The van der Waals surface area contributed by atoms with Crippen LogP contribution in [0.15, 0.2) is 47.5 Å². The fraction of sp³-hybridized carbons (Fsp3) is 0.316. The number of ether oxygens (including phenoxy) is 1. The maximum Gasteiger partial charge on any atom is 0.191 e. The molecule has 3 rings (SSSR count). The summed E-state index contributed by atoms with van der Waals surface area (Å²) in [7, 11) is 3.30. The normalized spacial score (nSPS) is 18.7. The Bertz CT molecular complexity index is 748. The monoisotopic (exact) mass is 473 g/mol. The average molecular weight is 473 g/mol. The zero-order valence-electron chi connectivity index (χ0n) is 14.6. The lowest BCUT2D eigenvalue weighted by molar-refractivity contribution is 0.414. The number of hydrogen-bond donors (Lipinski definition) is 2. The molecule has 140 valence electrons. The molecule has 0 amide bonds. The molecule has 2 aromatic carbocycles. The molecule has 0 aromatic heterocycles. The van der Waals surface area contributed by atoms with Crippen LogP contribution in [0.3, 0.4) is 0 Å². The number of methoxy groups -OCH3 is 1. The summed E-state index contributed by atoms with van der Waals surface area (Å²) >= 11 is 0. The predicted octanol–water partition coefficient (Wildman–Crippen LogP) is 3.81. The molecule has 0 spiro atoms. The molecule has 26 heavy (non-hydrogen) atoms. The number of nitrogens with zero attached hydrogens (tertiary/aromatic N) is 1. The van der Waals surface area contributed by atoms with Crippen LogP contribution >= 0.6 is 24.0 Å². The summed E-state index contributed by atoms with van der Waals surface area (Å²) in [6.07, 6.45) is 0.682. The van der Waals surface area contributed by atoms with Crippen LogP contribution < -0.4 is 15.4 Å². The van der Waals surface area contributed by atoms with E-state index in [2.05, 4.69) is 15.6 Å². The largest absolute Gasteiger partial charge is 0.497 e. The second kappa shape index (κ2) is 9.16. The van der Waals surface area contributed by atoms with Gasteiger partial charge in [-0.3, -0.25) is 4.99 Å². The topological polar surface area (TPSA) is 45.7 Å². The first-order valence-corrected chi connectivity index (χ1v) is 8.16. The van der Waals surface area contributed by atoms with Crippen molar-refractivity contribution in [3.05, 3.63) is 65.2 Å². The van der Waals surface area contributed by atoms with E-state index in [9.17, 15) is 8.78 Å². The maximum atomic E-state index is 13.8. The van der Waals surface area contributed by atoms with E-state index in [0.29, 0.717) is 18.9 Å². The number of halogens is 3. The molecule has 0 saturated heterocycles. The third-order valence-electron chi connectivity index (χ3n) is 4.33. The smallest absolute Gasteiger partial charge is 0.191 e. The fourth-order valence-corrected chi connectivity index (χ4v) is 2.84. The highest BCUT2D eigenvalue weighted by Gasteiger charge is 2.42. The van der Waals surface area contributed by atoms with Gasteiger partial charge in [-0.1, -0.05) is 18.2 Å². The zero-order valence-corrected chi connectivity index (χ0v) is 17.0. The van der Waals surface area contributed by atoms with Gasteiger partial charge in [0, 0.05) is 31.1 Å². The van der Waals surface area contributed by atoms with Gasteiger partial charge >= 0.3 is 0 Å². The molecule has 4 nitrogen and oxygen atoms in total. The summed E-state index contributed by atoms with van der Waals surface area (Å²) in [5, 5.41) is 6.42. The van der Waals surface area contributed by atoms with E-state index in [1.807, 2.05) is 24.3 Å². The van der Waals surface area contributed by atoms with Crippen molar-refractivity contribution in [2.24, 2.45) is 4.99 Å². The fourth-order valence-electron chi connectivity index (χ4n) is 2.84. The van der Waals surface area contributed by atoms with Gasteiger partial charge in [-0.05, 0) is 36.2 Å². The van der Waals surface area contributed by atoms with E-state index >= 15 is 0 Å². The zero-order chi connectivity index (χ0) is 17.8. The van der Waals surface area contributed by atoms with Crippen LogP contribution in [0.1, 0.15) is 23.5 Å². The second-order valence-corrected chi connectivity index (χ2v) is 6.00. The van der Waals surface area contributed by atoms with Gasteiger partial charge in [-0.2, -0.15) is 0 Å². The quantitative estimate of drug-likeness (QED) is 0.395. The first-order valence-electron chi connectivity index (χ1n) is 8.16. The molecular weight excluding hydrogens is 451 g/mol. The molecular formula is C19H22F2IN3O. The van der Waals surface area contributed by atoms with Crippen molar-refractivity contribution < 1.29 is 13.5 Å². The van der Waals surface area contributed by atoms with E-state index in [1.165, 1.54) is 18.2 Å². The summed E-state index contributed by atoms with van der Waals surface area (Å²) in [5.74, 6) is 0.269. The first kappa shape index (κ1) is 20.4. The van der Waals surface area contributed by atoms with Crippen LogP contribution in [0.25, 0.3) is 0 Å². The third kappa shape index (κ3) is 4.84. The van der Waals surface area contributed by atoms with Gasteiger partial charge in [0.05, 0.1) is 7.11 Å². The highest BCUT2D eigenvalue weighted by Crippen LogP contribution is 2.43. The predicted molar refractivity (Wildman–Crippen MR) is 109 cm³/mol. The van der Waals surface area contributed by atoms with Crippen LogP contribution in [0.2, 0.25) is 0 Å². The lowest BCUT2D eigenvalue weighted by Crippen LogP contribution is -2.38. The highest BCUT2D eigenvalue weighted by atomic mass is 127. The van der Waals surface area contributed by atoms with Gasteiger partial charge in [0.1, 0.15) is 17.4 Å². The van der Waals surface area contributed by atoms with Gasteiger partial charge < -0.3 is 15.4 Å². The number of hydrogen-bond acceptors (Lipinski definition) is 2. The minimum absolute atomic E-state index is 0. The maximum absolute atomic E-state index is 13.8. The van der Waals surface area contributed by atoms with Crippen molar-refractivity contribution in [2.45, 2.75) is 24.9 Å². The van der Waals surface area contributed by atoms with Crippen molar-refractivity contribution >= 4 is 29.9 Å². The SMILES string of the molecule is CN=C(NCc1ccc(OC)cc1)NC1CC1c1c(F)cccc1F.I. The third-order valence-corrected chi connectivity index (χ3v) is 4.33.